The van der Waals surface area contributed by atoms with Crippen LogP contribution in [0.2, 0.25) is 0 Å². The van der Waals surface area contributed by atoms with Gasteiger partial charge in [-0.15, -0.1) is 3.63 Å². The molecular weight excluding hydrogens is 542 g/mol. The molecule has 0 unspecified atom stereocenters. The van der Waals surface area contributed by atoms with Gasteiger partial charge in [0.2, 0.25) is 0 Å². The van der Waals surface area contributed by atoms with Crippen molar-refractivity contribution < 1.29 is 20.5 Å². The van der Waals surface area contributed by atoms with Crippen LogP contribution in [0.25, 0.3) is 0 Å². The average Bonchev–Trinajstić information content (AvgIpc) is 2.38. The first-order valence-corrected chi connectivity index (χ1v) is 10.4. The number of benzene rings is 2. The summed E-state index contributed by atoms with van der Waals surface area (Å²) >= 11 is 4.02. The maximum Gasteiger partial charge on any atom is 0.311 e. The van der Waals surface area contributed by atoms with Gasteiger partial charge in [0.1, 0.15) is 0 Å². The van der Waals surface area contributed by atoms with Gasteiger partial charge in [-0.05, 0) is 93.7 Å². The monoisotopic (exact) mass is 550 g/mol. The summed E-state index contributed by atoms with van der Waals surface area (Å²) in [4.78, 5) is -0.422. The smallest absolute Gasteiger partial charge is 0.193 e. The minimum absolute atomic E-state index is 0.211. The summed E-state index contributed by atoms with van der Waals surface area (Å²) in [5.74, 6) is 0. The van der Waals surface area contributed by atoms with Crippen LogP contribution in [0.5, 0.6) is 0 Å². The summed E-state index contributed by atoms with van der Waals surface area (Å²) in [6.45, 7) is 0. The van der Waals surface area contributed by atoms with E-state index in [0.29, 0.717) is 0 Å². The molecule has 5 nitrogen and oxygen atoms in total. The molecule has 0 aliphatic carbocycles. The van der Waals surface area contributed by atoms with Crippen LogP contribution in [0, 0.1) is 7.14 Å². The van der Waals surface area contributed by atoms with E-state index in [9.17, 15) is 16.8 Å². The lowest BCUT2D eigenvalue weighted by molar-refractivity contribution is 0.461. The molecule has 0 heterocycles. The van der Waals surface area contributed by atoms with Gasteiger partial charge in [-0.3, -0.25) is 0 Å². The Morgan fingerprint density at radius 2 is 0.905 bits per heavy atom. The van der Waals surface area contributed by atoms with Gasteiger partial charge >= 0.3 is 20.2 Å². The molecule has 0 saturated carbocycles. The fourth-order valence-electron chi connectivity index (χ4n) is 1.40. The molecule has 0 amide bonds. The Hall–Kier alpha value is -0.240. The van der Waals surface area contributed by atoms with Gasteiger partial charge in [0.15, 0.2) is 0 Å². The molecule has 0 spiro atoms. The second kappa shape index (κ2) is 6.48. The lowest BCUT2D eigenvalue weighted by atomic mass is 10.4. The highest BCUT2D eigenvalue weighted by molar-refractivity contribution is 14.1. The Bertz CT molecular complexity index is 768. The molecule has 0 aliphatic rings. The summed E-state index contributed by atoms with van der Waals surface area (Å²) in [7, 11) is -8.77. The standard InChI is InChI=1S/C12H8I2O5S2/c13-9-1-5-11(6-2-9)20(15,16)19-21(17,18)12-7-3-10(14)4-8-12/h1-8H. The van der Waals surface area contributed by atoms with Crippen LogP contribution in [-0.4, -0.2) is 16.8 Å². The summed E-state index contributed by atoms with van der Waals surface area (Å²) in [5.41, 5.74) is 0. The zero-order chi connectivity index (χ0) is 15.7. The highest BCUT2D eigenvalue weighted by Crippen LogP contribution is 2.21. The minimum Gasteiger partial charge on any atom is -0.193 e. The Morgan fingerprint density at radius 1 is 0.619 bits per heavy atom. The average molecular weight is 550 g/mol. The van der Waals surface area contributed by atoms with Crippen molar-refractivity contribution in [2.24, 2.45) is 0 Å². The van der Waals surface area contributed by atoms with Gasteiger partial charge in [-0.2, -0.15) is 16.8 Å². The first-order chi connectivity index (χ1) is 9.71. The SMILES string of the molecule is O=S(=O)(OS(=O)(=O)c1ccc(I)cc1)c1ccc(I)cc1. The predicted molar refractivity (Wildman–Crippen MR) is 93.8 cm³/mol. The van der Waals surface area contributed by atoms with Gasteiger partial charge in [0.05, 0.1) is 9.79 Å². The largest absolute Gasteiger partial charge is 0.311 e. The fraction of sp³-hybridized carbons (Fsp3) is 0. The molecule has 21 heavy (non-hydrogen) atoms. The zero-order valence-corrected chi connectivity index (χ0v) is 16.2. The predicted octanol–water partition coefficient (Wildman–Crippen LogP) is 2.99. The molecule has 0 aliphatic heterocycles. The third-order valence-electron chi connectivity index (χ3n) is 2.38. The van der Waals surface area contributed by atoms with Crippen molar-refractivity contribution in [1.82, 2.24) is 0 Å². The Kier molecular flexibility index (Phi) is 5.28. The van der Waals surface area contributed by atoms with Crippen LogP contribution >= 0.6 is 45.2 Å². The highest BCUT2D eigenvalue weighted by atomic mass is 127. The summed E-state index contributed by atoms with van der Waals surface area (Å²) in [6, 6.07) is 11.4. The van der Waals surface area contributed by atoms with E-state index < -0.39 is 20.2 Å². The van der Waals surface area contributed by atoms with E-state index >= 15 is 0 Å². The second-order valence-electron chi connectivity index (χ2n) is 3.88. The van der Waals surface area contributed by atoms with Crippen molar-refractivity contribution in [2.75, 3.05) is 0 Å². The van der Waals surface area contributed by atoms with Gasteiger partial charge < -0.3 is 0 Å². The van der Waals surface area contributed by atoms with Crippen LogP contribution in [-0.2, 0) is 23.9 Å². The summed E-state index contributed by atoms with van der Waals surface area (Å²) in [5, 5.41) is 0. The Morgan fingerprint density at radius 3 is 1.19 bits per heavy atom. The second-order valence-corrected chi connectivity index (χ2v) is 9.68. The van der Waals surface area contributed by atoms with Crippen LogP contribution in [0.4, 0.5) is 0 Å². The van der Waals surface area contributed by atoms with Crippen molar-refractivity contribution in [1.29, 1.82) is 0 Å². The molecule has 2 aromatic carbocycles. The van der Waals surface area contributed by atoms with E-state index in [1.54, 1.807) is 24.3 Å². The Balaban J connectivity index is 2.35. The van der Waals surface area contributed by atoms with E-state index in [2.05, 4.69) is 3.63 Å². The number of hydrogen-bond donors (Lipinski definition) is 0. The van der Waals surface area contributed by atoms with E-state index in [1.165, 1.54) is 24.3 Å². The molecule has 0 saturated heterocycles. The molecule has 0 N–H and O–H groups in total. The molecule has 2 rings (SSSR count). The Labute approximate surface area is 150 Å². The molecular formula is C12H8I2O5S2. The number of halogens is 2. The number of rotatable bonds is 4. The molecule has 0 fully saturated rings. The first-order valence-electron chi connectivity index (χ1n) is 5.43. The van der Waals surface area contributed by atoms with Crippen molar-refractivity contribution in [3.63, 3.8) is 0 Å². The van der Waals surface area contributed by atoms with Gasteiger partial charge in [-0.25, -0.2) is 0 Å². The lowest BCUT2D eigenvalue weighted by Gasteiger charge is -2.06. The van der Waals surface area contributed by atoms with Crippen molar-refractivity contribution in [3.8, 4) is 0 Å². The van der Waals surface area contributed by atoms with E-state index in [1.807, 2.05) is 45.2 Å². The van der Waals surface area contributed by atoms with Crippen LogP contribution in [0.3, 0.4) is 0 Å². The third-order valence-corrected chi connectivity index (χ3v) is 6.95. The van der Waals surface area contributed by atoms with E-state index in [-0.39, 0.29) is 9.79 Å². The minimum atomic E-state index is -4.39. The topological polar surface area (TPSA) is 77.5 Å². The molecule has 2 aromatic rings. The normalized spacial score (nSPS) is 12.3. The lowest BCUT2D eigenvalue weighted by Crippen LogP contribution is -2.14. The molecule has 112 valence electrons. The van der Waals surface area contributed by atoms with Crippen LogP contribution in [0.15, 0.2) is 58.3 Å². The molecule has 0 radical (unpaired) electrons. The third kappa shape index (κ3) is 4.37. The van der Waals surface area contributed by atoms with Gasteiger partial charge in [-0.1, -0.05) is 0 Å². The van der Waals surface area contributed by atoms with E-state index in [4.69, 9.17) is 0 Å². The fourth-order valence-corrected chi connectivity index (χ4v) is 4.63. The summed E-state index contributed by atoms with van der Waals surface area (Å²) in [6.07, 6.45) is 0. The van der Waals surface area contributed by atoms with Crippen LogP contribution < -0.4 is 0 Å². The molecule has 0 bridgehead atoms. The maximum absolute atomic E-state index is 12.0. The molecule has 0 atom stereocenters. The van der Waals surface area contributed by atoms with Gasteiger partial charge in [0, 0.05) is 7.14 Å². The zero-order valence-electron chi connectivity index (χ0n) is 10.2. The summed E-state index contributed by atoms with van der Waals surface area (Å²) < 4.78 is 54.0. The number of hydrogen-bond acceptors (Lipinski definition) is 5. The first kappa shape index (κ1) is 17.1. The maximum atomic E-state index is 12.0. The van der Waals surface area contributed by atoms with Gasteiger partial charge in [0.25, 0.3) is 0 Å². The molecule has 0 aromatic heterocycles. The van der Waals surface area contributed by atoms with Crippen molar-refractivity contribution >= 4 is 65.4 Å². The molecule has 9 heteroatoms. The van der Waals surface area contributed by atoms with Crippen LogP contribution in [0.1, 0.15) is 0 Å². The quantitative estimate of drug-likeness (QED) is 0.548. The van der Waals surface area contributed by atoms with Crippen molar-refractivity contribution in [3.05, 3.63) is 55.7 Å². The van der Waals surface area contributed by atoms with E-state index in [0.717, 1.165) is 7.14 Å². The highest BCUT2D eigenvalue weighted by Gasteiger charge is 2.26. The van der Waals surface area contributed by atoms with Crippen molar-refractivity contribution in [2.45, 2.75) is 9.79 Å².